The molecule has 0 aliphatic heterocycles. The van der Waals surface area contributed by atoms with Gasteiger partial charge in [0.2, 0.25) is 0 Å². The molecule has 0 aliphatic rings. The minimum absolute atomic E-state index is 0.391. The van der Waals surface area contributed by atoms with E-state index in [2.05, 4.69) is 25.9 Å². The van der Waals surface area contributed by atoms with Crippen molar-refractivity contribution in [2.75, 3.05) is 0 Å². The van der Waals surface area contributed by atoms with Crippen LogP contribution in [0.25, 0.3) is 11.4 Å². The monoisotopic (exact) mass is 377 g/mol. The Bertz CT molecular complexity index is 664. The minimum atomic E-state index is -0.677. The highest BCUT2D eigenvalue weighted by Crippen LogP contribution is 2.18. The molecule has 0 saturated carbocycles. The summed E-state index contributed by atoms with van der Waals surface area (Å²) in [5, 5.41) is 0. The first-order valence-electron chi connectivity index (χ1n) is 7.30. The van der Waals surface area contributed by atoms with E-state index >= 15 is 0 Å². The Morgan fingerprint density at radius 3 is 2.30 bits per heavy atom. The van der Waals surface area contributed by atoms with E-state index in [4.69, 9.17) is 10.5 Å². The van der Waals surface area contributed by atoms with Crippen molar-refractivity contribution in [2.24, 2.45) is 5.73 Å². The molecule has 122 valence electrons. The maximum Gasteiger partial charge on any atom is 0.323 e. The first-order valence-corrected chi connectivity index (χ1v) is 8.09. The van der Waals surface area contributed by atoms with Gasteiger partial charge >= 0.3 is 5.97 Å². The predicted molar refractivity (Wildman–Crippen MR) is 92.7 cm³/mol. The van der Waals surface area contributed by atoms with Crippen LogP contribution in [-0.4, -0.2) is 27.6 Å². The van der Waals surface area contributed by atoms with Gasteiger partial charge in [0, 0.05) is 18.0 Å². The van der Waals surface area contributed by atoms with E-state index in [9.17, 15) is 4.79 Å². The van der Waals surface area contributed by atoms with Gasteiger partial charge in [-0.25, -0.2) is 9.97 Å². The number of aromatic nitrogens is 2. The van der Waals surface area contributed by atoms with Gasteiger partial charge in [0.15, 0.2) is 5.82 Å². The summed E-state index contributed by atoms with van der Waals surface area (Å²) in [5.74, 6) is 0.258. The molecule has 1 atom stereocenters. The fourth-order valence-corrected chi connectivity index (χ4v) is 2.17. The van der Waals surface area contributed by atoms with E-state index in [-0.39, 0.29) is 0 Å². The lowest BCUT2D eigenvalue weighted by molar-refractivity contribution is -0.156. The normalized spacial score (nSPS) is 12.7. The standard InChI is InChI=1S/C17H20BrN3O2/c1-17(2,3)23-16(22)14(19)8-11-4-6-12(7-5-11)15-20-9-13(18)10-21-15/h4-7,9-10,14H,8,19H2,1-3H3. The molecular weight excluding hydrogens is 358 g/mol. The average molecular weight is 378 g/mol. The predicted octanol–water partition coefficient (Wildman–Crippen LogP) is 3.12. The van der Waals surface area contributed by atoms with Crippen LogP contribution in [-0.2, 0) is 16.0 Å². The number of halogens is 1. The van der Waals surface area contributed by atoms with Gasteiger partial charge in [-0.3, -0.25) is 4.79 Å². The number of carbonyl (C=O) groups excluding carboxylic acids is 1. The third-order valence-electron chi connectivity index (χ3n) is 3.00. The number of hydrogen-bond acceptors (Lipinski definition) is 5. The van der Waals surface area contributed by atoms with Gasteiger partial charge in [-0.15, -0.1) is 0 Å². The van der Waals surface area contributed by atoms with Crippen molar-refractivity contribution in [2.45, 2.75) is 38.8 Å². The number of hydrogen-bond donors (Lipinski definition) is 1. The van der Waals surface area contributed by atoms with Crippen LogP contribution < -0.4 is 5.73 Å². The third kappa shape index (κ3) is 5.41. The molecule has 0 spiro atoms. The zero-order valence-corrected chi connectivity index (χ0v) is 15.0. The molecule has 1 aromatic heterocycles. The largest absolute Gasteiger partial charge is 0.459 e. The highest BCUT2D eigenvalue weighted by molar-refractivity contribution is 9.10. The summed E-state index contributed by atoms with van der Waals surface area (Å²) in [4.78, 5) is 20.4. The summed E-state index contributed by atoms with van der Waals surface area (Å²) in [6, 6.07) is 7.00. The van der Waals surface area contributed by atoms with E-state index in [1.807, 2.05) is 45.0 Å². The van der Waals surface area contributed by atoms with Crippen molar-refractivity contribution >= 4 is 21.9 Å². The highest BCUT2D eigenvalue weighted by Gasteiger charge is 2.22. The summed E-state index contributed by atoms with van der Waals surface area (Å²) >= 11 is 3.31. The van der Waals surface area contributed by atoms with Gasteiger partial charge < -0.3 is 10.5 Å². The third-order valence-corrected chi connectivity index (χ3v) is 3.41. The molecule has 23 heavy (non-hydrogen) atoms. The average Bonchev–Trinajstić information content (AvgIpc) is 2.47. The Morgan fingerprint density at radius 1 is 1.22 bits per heavy atom. The molecule has 0 amide bonds. The molecule has 1 heterocycles. The minimum Gasteiger partial charge on any atom is -0.459 e. The van der Waals surface area contributed by atoms with Crippen LogP contribution in [0.5, 0.6) is 0 Å². The fourth-order valence-electron chi connectivity index (χ4n) is 1.97. The number of nitrogens with two attached hydrogens (primary N) is 1. The van der Waals surface area contributed by atoms with Crippen LogP contribution in [0.3, 0.4) is 0 Å². The van der Waals surface area contributed by atoms with E-state index in [0.29, 0.717) is 12.2 Å². The van der Waals surface area contributed by atoms with Crippen LogP contribution in [0.2, 0.25) is 0 Å². The molecular formula is C17H20BrN3O2. The molecule has 1 unspecified atom stereocenters. The quantitative estimate of drug-likeness (QED) is 0.828. The lowest BCUT2D eigenvalue weighted by Crippen LogP contribution is -2.38. The number of ether oxygens (including phenoxy) is 1. The van der Waals surface area contributed by atoms with Crippen LogP contribution in [0.4, 0.5) is 0 Å². The topological polar surface area (TPSA) is 78.1 Å². The molecule has 5 nitrogen and oxygen atoms in total. The summed E-state index contributed by atoms with van der Waals surface area (Å²) in [6.07, 6.45) is 3.83. The lowest BCUT2D eigenvalue weighted by atomic mass is 10.0. The number of esters is 1. The van der Waals surface area contributed by atoms with Gasteiger partial charge in [0.1, 0.15) is 11.6 Å². The molecule has 0 bridgehead atoms. The molecule has 1 aromatic carbocycles. The summed E-state index contributed by atoms with van der Waals surface area (Å²) in [5.41, 5.74) is 7.26. The first-order chi connectivity index (χ1) is 10.7. The van der Waals surface area contributed by atoms with Crippen molar-refractivity contribution < 1.29 is 9.53 Å². The Morgan fingerprint density at radius 2 is 1.78 bits per heavy atom. The number of nitrogens with zero attached hydrogens (tertiary/aromatic N) is 2. The van der Waals surface area contributed by atoms with Crippen molar-refractivity contribution in [3.8, 4) is 11.4 Å². The first kappa shape index (κ1) is 17.6. The summed E-state index contributed by atoms with van der Waals surface area (Å²) in [7, 11) is 0. The summed E-state index contributed by atoms with van der Waals surface area (Å²) in [6.45, 7) is 5.47. The molecule has 2 N–H and O–H groups in total. The van der Waals surface area contributed by atoms with E-state index in [1.54, 1.807) is 12.4 Å². The fraction of sp³-hybridized carbons (Fsp3) is 0.353. The SMILES string of the molecule is CC(C)(C)OC(=O)C(N)Cc1ccc(-c2ncc(Br)cn2)cc1. The maximum absolute atomic E-state index is 11.9. The van der Waals surface area contributed by atoms with Crippen LogP contribution in [0, 0.1) is 0 Å². The summed E-state index contributed by atoms with van der Waals surface area (Å²) < 4.78 is 6.12. The van der Waals surface area contributed by atoms with E-state index in [1.165, 1.54) is 0 Å². The van der Waals surface area contributed by atoms with Crippen LogP contribution in [0.1, 0.15) is 26.3 Å². The number of benzene rings is 1. The molecule has 0 aliphatic carbocycles. The molecule has 2 aromatic rings. The van der Waals surface area contributed by atoms with Gasteiger partial charge in [-0.2, -0.15) is 0 Å². The molecule has 0 radical (unpaired) electrons. The lowest BCUT2D eigenvalue weighted by Gasteiger charge is -2.22. The Balaban J connectivity index is 2.02. The zero-order valence-electron chi connectivity index (χ0n) is 13.4. The van der Waals surface area contributed by atoms with Crippen molar-refractivity contribution in [1.82, 2.24) is 9.97 Å². The maximum atomic E-state index is 11.9. The van der Waals surface area contributed by atoms with Gasteiger partial charge in [0.05, 0.1) is 4.47 Å². The highest BCUT2D eigenvalue weighted by atomic mass is 79.9. The van der Waals surface area contributed by atoms with Crippen LogP contribution in [0.15, 0.2) is 41.1 Å². The second-order valence-electron chi connectivity index (χ2n) is 6.27. The van der Waals surface area contributed by atoms with Gasteiger partial charge in [-0.1, -0.05) is 24.3 Å². The Kier molecular flexibility index (Phi) is 5.49. The second-order valence-corrected chi connectivity index (χ2v) is 7.18. The van der Waals surface area contributed by atoms with E-state index in [0.717, 1.165) is 15.6 Å². The Hall–Kier alpha value is -1.79. The Labute approximate surface area is 144 Å². The second kappa shape index (κ2) is 7.19. The van der Waals surface area contributed by atoms with Crippen molar-refractivity contribution in [3.05, 3.63) is 46.7 Å². The van der Waals surface area contributed by atoms with Crippen LogP contribution >= 0.6 is 15.9 Å². The molecule has 6 heteroatoms. The molecule has 0 saturated heterocycles. The smallest absolute Gasteiger partial charge is 0.323 e. The van der Waals surface area contributed by atoms with E-state index < -0.39 is 17.6 Å². The molecule has 0 fully saturated rings. The molecule has 2 rings (SSSR count). The number of rotatable bonds is 4. The van der Waals surface area contributed by atoms with Gasteiger partial charge in [0.25, 0.3) is 0 Å². The number of carbonyl (C=O) groups is 1. The van der Waals surface area contributed by atoms with Crippen molar-refractivity contribution in [3.63, 3.8) is 0 Å². The zero-order chi connectivity index (χ0) is 17.0. The van der Waals surface area contributed by atoms with Gasteiger partial charge in [-0.05, 0) is 48.7 Å². The van der Waals surface area contributed by atoms with Crippen molar-refractivity contribution in [1.29, 1.82) is 0 Å².